The molecule has 0 amide bonds. The van der Waals surface area contributed by atoms with Crippen molar-refractivity contribution in [3.05, 3.63) is 12.2 Å². The molecule has 0 aromatic rings. The zero-order chi connectivity index (χ0) is 11.6. The van der Waals surface area contributed by atoms with Gasteiger partial charge in [0.1, 0.15) is 0 Å². The van der Waals surface area contributed by atoms with Gasteiger partial charge in [-0.15, -0.1) is 0 Å². The van der Waals surface area contributed by atoms with E-state index in [9.17, 15) is 0 Å². The summed E-state index contributed by atoms with van der Waals surface area (Å²) in [5, 5.41) is 0. The molecule has 16 heavy (non-hydrogen) atoms. The number of hydrogen-bond acceptors (Lipinski definition) is 1. The van der Waals surface area contributed by atoms with Crippen LogP contribution in [-0.2, 0) is 4.74 Å². The van der Waals surface area contributed by atoms with Crippen LogP contribution in [0.4, 0.5) is 0 Å². The molecule has 3 fully saturated rings. The van der Waals surface area contributed by atoms with Crippen molar-refractivity contribution in [3.63, 3.8) is 0 Å². The Morgan fingerprint density at radius 2 is 2.06 bits per heavy atom. The van der Waals surface area contributed by atoms with Crippen LogP contribution in [0.1, 0.15) is 52.9 Å². The summed E-state index contributed by atoms with van der Waals surface area (Å²) in [6, 6.07) is 0. The first-order valence-corrected chi connectivity index (χ1v) is 6.78. The summed E-state index contributed by atoms with van der Waals surface area (Å²) in [5.41, 5.74) is 2.21. The fourth-order valence-electron chi connectivity index (χ4n) is 4.16. The third kappa shape index (κ3) is 1.48. The smallest absolute Gasteiger partial charge is 0.0923 e. The molecule has 0 N–H and O–H groups in total. The molecule has 1 saturated heterocycles. The first kappa shape index (κ1) is 10.8. The predicted octanol–water partition coefficient (Wildman–Crippen LogP) is 3.94. The standard InChI is InChI=1S/C15H24O/c1-10-6-5-7-14(2,3)12-9-15(4)13(16-15)8-11(10)12/h11-13H,1,5-9H2,2-4H3/t11-,12-,13-,15+/m0/s1. The third-order valence-corrected chi connectivity index (χ3v) is 5.46. The Hall–Kier alpha value is -0.300. The Bertz CT molecular complexity index is 330. The zero-order valence-corrected chi connectivity index (χ0v) is 10.9. The largest absolute Gasteiger partial charge is 0.366 e. The van der Waals surface area contributed by atoms with Crippen LogP contribution in [-0.4, -0.2) is 11.7 Å². The summed E-state index contributed by atoms with van der Waals surface area (Å²) < 4.78 is 5.90. The Morgan fingerprint density at radius 1 is 1.31 bits per heavy atom. The van der Waals surface area contributed by atoms with Crippen LogP contribution in [0.2, 0.25) is 0 Å². The summed E-state index contributed by atoms with van der Waals surface area (Å²) in [6.45, 7) is 11.6. The summed E-state index contributed by atoms with van der Waals surface area (Å²) in [6.07, 6.45) is 6.97. The molecule has 0 radical (unpaired) electrons. The van der Waals surface area contributed by atoms with Crippen molar-refractivity contribution in [3.8, 4) is 0 Å². The monoisotopic (exact) mass is 220 g/mol. The van der Waals surface area contributed by atoms with Crippen molar-refractivity contribution in [1.29, 1.82) is 0 Å². The molecule has 1 heterocycles. The molecular formula is C15H24O. The van der Waals surface area contributed by atoms with E-state index in [1.54, 1.807) is 0 Å². The van der Waals surface area contributed by atoms with Crippen LogP contribution in [0, 0.1) is 17.3 Å². The molecule has 3 rings (SSSR count). The van der Waals surface area contributed by atoms with Gasteiger partial charge >= 0.3 is 0 Å². The number of hydrogen-bond donors (Lipinski definition) is 0. The van der Waals surface area contributed by atoms with Crippen LogP contribution in [0.15, 0.2) is 12.2 Å². The van der Waals surface area contributed by atoms with Gasteiger partial charge in [-0.3, -0.25) is 0 Å². The molecule has 3 aliphatic rings. The highest BCUT2D eigenvalue weighted by Gasteiger charge is 2.60. The first-order chi connectivity index (χ1) is 7.42. The lowest BCUT2D eigenvalue weighted by atomic mass is 9.62. The maximum Gasteiger partial charge on any atom is 0.0923 e. The quantitative estimate of drug-likeness (QED) is 0.445. The second-order valence-electron chi connectivity index (χ2n) is 7.07. The van der Waals surface area contributed by atoms with Gasteiger partial charge in [-0.1, -0.05) is 26.0 Å². The summed E-state index contributed by atoms with van der Waals surface area (Å²) in [7, 11) is 0. The lowest BCUT2D eigenvalue weighted by Crippen LogP contribution is -2.38. The SMILES string of the molecule is C=C1CCCC(C)(C)[C@H]2C[C@@]3(C)O[C@H]3C[C@@H]12. The van der Waals surface area contributed by atoms with E-state index in [4.69, 9.17) is 4.74 Å². The molecule has 2 aliphatic carbocycles. The van der Waals surface area contributed by atoms with Gasteiger partial charge in [0, 0.05) is 0 Å². The van der Waals surface area contributed by atoms with Gasteiger partial charge in [-0.05, 0) is 56.3 Å². The average molecular weight is 220 g/mol. The molecule has 1 aliphatic heterocycles. The minimum absolute atomic E-state index is 0.225. The van der Waals surface area contributed by atoms with Crippen molar-refractivity contribution in [2.75, 3.05) is 0 Å². The number of allylic oxidation sites excluding steroid dienone is 1. The van der Waals surface area contributed by atoms with Crippen LogP contribution in [0.5, 0.6) is 0 Å². The molecule has 90 valence electrons. The Labute approximate surface area is 99.3 Å². The summed E-state index contributed by atoms with van der Waals surface area (Å²) >= 11 is 0. The van der Waals surface area contributed by atoms with E-state index in [0.717, 1.165) is 11.8 Å². The highest BCUT2D eigenvalue weighted by molar-refractivity contribution is 5.17. The topological polar surface area (TPSA) is 12.5 Å². The molecule has 0 spiro atoms. The van der Waals surface area contributed by atoms with Crippen molar-refractivity contribution >= 4 is 0 Å². The average Bonchev–Trinajstić information content (AvgIpc) is 2.86. The Balaban J connectivity index is 1.91. The fourth-order valence-corrected chi connectivity index (χ4v) is 4.16. The van der Waals surface area contributed by atoms with Crippen LogP contribution in [0.3, 0.4) is 0 Å². The van der Waals surface area contributed by atoms with E-state index in [1.807, 2.05) is 0 Å². The highest BCUT2D eigenvalue weighted by Crippen LogP contribution is 2.59. The Kier molecular flexibility index (Phi) is 2.12. The van der Waals surface area contributed by atoms with Crippen molar-refractivity contribution in [2.45, 2.75) is 64.6 Å². The van der Waals surface area contributed by atoms with E-state index >= 15 is 0 Å². The second-order valence-corrected chi connectivity index (χ2v) is 7.07. The van der Waals surface area contributed by atoms with Gasteiger partial charge in [-0.2, -0.15) is 0 Å². The lowest BCUT2D eigenvalue weighted by molar-refractivity contribution is 0.105. The normalized spacial score (nSPS) is 50.2. The van der Waals surface area contributed by atoms with Gasteiger partial charge in [0.25, 0.3) is 0 Å². The highest BCUT2D eigenvalue weighted by atomic mass is 16.6. The number of fused-ring (bicyclic) bond motifs is 2. The van der Waals surface area contributed by atoms with E-state index in [-0.39, 0.29) is 5.60 Å². The van der Waals surface area contributed by atoms with Crippen molar-refractivity contribution in [2.24, 2.45) is 17.3 Å². The van der Waals surface area contributed by atoms with Gasteiger partial charge in [0.15, 0.2) is 0 Å². The van der Waals surface area contributed by atoms with Crippen LogP contribution >= 0.6 is 0 Å². The summed E-state index contributed by atoms with van der Waals surface area (Å²) in [4.78, 5) is 0. The number of epoxide rings is 1. The number of ether oxygens (including phenoxy) is 1. The molecule has 1 nitrogen and oxygen atoms in total. The maximum absolute atomic E-state index is 5.90. The van der Waals surface area contributed by atoms with Gasteiger partial charge in [0.05, 0.1) is 11.7 Å². The molecule has 0 bridgehead atoms. The molecule has 0 unspecified atom stereocenters. The minimum Gasteiger partial charge on any atom is -0.366 e. The molecule has 1 heteroatoms. The van der Waals surface area contributed by atoms with Gasteiger partial charge in [0.2, 0.25) is 0 Å². The summed E-state index contributed by atoms with van der Waals surface area (Å²) in [5.74, 6) is 1.53. The van der Waals surface area contributed by atoms with Gasteiger partial charge < -0.3 is 4.74 Å². The van der Waals surface area contributed by atoms with E-state index in [2.05, 4.69) is 27.4 Å². The lowest BCUT2D eigenvalue weighted by Gasteiger charge is -2.41. The first-order valence-electron chi connectivity index (χ1n) is 6.78. The maximum atomic E-state index is 5.90. The van der Waals surface area contributed by atoms with Gasteiger partial charge in [-0.25, -0.2) is 0 Å². The van der Waals surface area contributed by atoms with Crippen LogP contribution < -0.4 is 0 Å². The predicted molar refractivity (Wildman–Crippen MR) is 66.3 cm³/mol. The van der Waals surface area contributed by atoms with E-state index < -0.39 is 0 Å². The zero-order valence-electron chi connectivity index (χ0n) is 10.9. The third-order valence-electron chi connectivity index (χ3n) is 5.46. The molecule has 0 aromatic heterocycles. The van der Waals surface area contributed by atoms with E-state index in [0.29, 0.717) is 11.5 Å². The Morgan fingerprint density at radius 3 is 2.81 bits per heavy atom. The van der Waals surface area contributed by atoms with E-state index in [1.165, 1.54) is 37.7 Å². The molecular weight excluding hydrogens is 196 g/mol. The minimum atomic E-state index is 0.225. The molecule has 4 atom stereocenters. The fraction of sp³-hybridized carbons (Fsp3) is 0.867. The van der Waals surface area contributed by atoms with Crippen molar-refractivity contribution in [1.82, 2.24) is 0 Å². The number of rotatable bonds is 0. The van der Waals surface area contributed by atoms with Crippen molar-refractivity contribution < 1.29 is 4.74 Å². The molecule has 0 aromatic carbocycles. The van der Waals surface area contributed by atoms with Crippen LogP contribution in [0.25, 0.3) is 0 Å². The molecule has 2 saturated carbocycles. The second kappa shape index (κ2) is 3.13.